The van der Waals surface area contributed by atoms with Gasteiger partial charge in [0.15, 0.2) is 0 Å². The lowest BCUT2D eigenvalue weighted by Crippen LogP contribution is -2.34. The number of thiazole rings is 1. The van der Waals surface area contributed by atoms with Gasteiger partial charge in [-0.2, -0.15) is 0 Å². The van der Waals surface area contributed by atoms with Crippen molar-refractivity contribution in [3.63, 3.8) is 0 Å². The van der Waals surface area contributed by atoms with Crippen molar-refractivity contribution >= 4 is 42.1 Å². The predicted octanol–water partition coefficient (Wildman–Crippen LogP) is 1.89. The number of halogens is 2. The summed E-state index contributed by atoms with van der Waals surface area (Å²) in [6.45, 7) is 1.80. The van der Waals surface area contributed by atoms with Gasteiger partial charge in [-0.05, 0) is 5.56 Å². The van der Waals surface area contributed by atoms with E-state index in [0.29, 0.717) is 18.8 Å². The molecule has 1 aromatic heterocycles. The molecule has 2 aromatic rings. The second kappa shape index (κ2) is 9.96. The number of hydrogen-bond donors (Lipinski definition) is 3. The topological polar surface area (TPSA) is 74.2 Å². The van der Waals surface area contributed by atoms with Crippen LogP contribution in [0.2, 0.25) is 0 Å². The van der Waals surface area contributed by atoms with Crippen LogP contribution in [0.15, 0.2) is 35.7 Å². The fourth-order valence-corrected chi connectivity index (χ4v) is 3.32. The summed E-state index contributed by atoms with van der Waals surface area (Å²) in [6, 6.07) is 10.1. The number of rotatable bonds is 5. The van der Waals surface area contributed by atoms with Crippen LogP contribution in [0, 0.1) is 5.92 Å². The number of nitrogens with zero attached hydrogens (tertiary/aromatic N) is 1. The molecule has 0 saturated carbocycles. The molecule has 8 heteroatoms. The number of nitrogens with one attached hydrogen (secondary N) is 2. The van der Waals surface area contributed by atoms with E-state index in [1.54, 1.807) is 5.38 Å². The summed E-state index contributed by atoms with van der Waals surface area (Å²) in [6.07, 6.45) is 0.355. The van der Waals surface area contributed by atoms with Crippen LogP contribution in [0.1, 0.15) is 21.1 Å². The highest BCUT2D eigenvalue weighted by Gasteiger charge is 2.25. The molecule has 1 saturated heterocycles. The zero-order chi connectivity index (χ0) is 15.4. The number of aromatic nitrogens is 1. The maximum Gasteiger partial charge on any atom is 0.270 e. The first kappa shape index (κ1) is 20.9. The molecular weight excluding hydrogens is 369 g/mol. The van der Waals surface area contributed by atoms with Crippen molar-refractivity contribution in [2.45, 2.75) is 12.5 Å². The first-order valence-electron chi connectivity index (χ1n) is 7.37. The summed E-state index contributed by atoms with van der Waals surface area (Å²) in [5.74, 6) is -0.0963. The van der Waals surface area contributed by atoms with Crippen LogP contribution in [0.3, 0.4) is 0 Å². The van der Waals surface area contributed by atoms with Gasteiger partial charge in [-0.3, -0.25) is 4.79 Å². The molecular formula is C16H21Cl2N3O2S. The van der Waals surface area contributed by atoms with Gasteiger partial charge in [0.1, 0.15) is 5.69 Å². The van der Waals surface area contributed by atoms with Crippen LogP contribution in [0.5, 0.6) is 0 Å². The molecule has 1 amide bonds. The molecule has 2 heterocycles. The molecule has 3 N–H and O–H groups in total. The summed E-state index contributed by atoms with van der Waals surface area (Å²) in [5, 5.41) is 18.4. The van der Waals surface area contributed by atoms with Crippen molar-refractivity contribution in [1.82, 2.24) is 15.6 Å². The van der Waals surface area contributed by atoms with Crippen molar-refractivity contribution in [2.24, 2.45) is 5.92 Å². The van der Waals surface area contributed by atoms with Crippen molar-refractivity contribution in [3.8, 4) is 0 Å². The summed E-state index contributed by atoms with van der Waals surface area (Å²) in [5.41, 5.74) is 1.64. The normalized spacial score (nSPS) is 19.2. The van der Waals surface area contributed by atoms with Crippen molar-refractivity contribution < 1.29 is 9.90 Å². The van der Waals surface area contributed by atoms with Gasteiger partial charge in [-0.1, -0.05) is 30.3 Å². The Kier molecular flexibility index (Phi) is 8.66. The lowest BCUT2D eigenvalue weighted by molar-refractivity contribution is 0.0922. The molecule has 0 radical (unpaired) electrons. The molecule has 1 fully saturated rings. The van der Waals surface area contributed by atoms with Crippen LogP contribution in [-0.4, -0.2) is 41.7 Å². The standard InChI is InChI=1S/C16H19N3O2S.2ClH/c20-14-9-17-7-12(14)8-18-16(21)13-10-22-15(19-13)6-11-4-2-1-3-5-11;;/h1-5,10,12,14,17,20H,6-9H2,(H,18,21);2*1H. The molecule has 24 heavy (non-hydrogen) atoms. The average Bonchev–Trinajstić information content (AvgIpc) is 3.15. The largest absolute Gasteiger partial charge is 0.391 e. The van der Waals surface area contributed by atoms with Crippen LogP contribution >= 0.6 is 36.2 Å². The molecule has 0 spiro atoms. The monoisotopic (exact) mass is 389 g/mol. The van der Waals surface area contributed by atoms with Gasteiger partial charge in [-0.15, -0.1) is 36.2 Å². The Balaban J connectivity index is 0.00000144. The third-order valence-corrected chi connectivity index (χ3v) is 4.66. The Morgan fingerprint density at radius 3 is 2.71 bits per heavy atom. The number of amides is 1. The Morgan fingerprint density at radius 2 is 2.04 bits per heavy atom. The van der Waals surface area contributed by atoms with Gasteiger partial charge in [0, 0.05) is 37.4 Å². The van der Waals surface area contributed by atoms with E-state index in [1.807, 2.05) is 18.2 Å². The molecule has 2 atom stereocenters. The average molecular weight is 390 g/mol. The summed E-state index contributed by atoms with van der Waals surface area (Å²) in [4.78, 5) is 16.5. The molecule has 2 unspecified atom stereocenters. The zero-order valence-electron chi connectivity index (χ0n) is 13.0. The number of aliphatic hydroxyl groups is 1. The third-order valence-electron chi connectivity index (χ3n) is 3.81. The first-order chi connectivity index (χ1) is 10.7. The van der Waals surface area contributed by atoms with E-state index >= 15 is 0 Å². The minimum Gasteiger partial charge on any atom is -0.391 e. The molecule has 1 aliphatic heterocycles. The van der Waals surface area contributed by atoms with E-state index < -0.39 is 0 Å². The number of carbonyl (C=O) groups excluding carboxylic acids is 1. The molecule has 132 valence electrons. The van der Waals surface area contributed by atoms with Crippen molar-refractivity contribution in [1.29, 1.82) is 0 Å². The third kappa shape index (κ3) is 5.43. The Morgan fingerprint density at radius 1 is 1.29 bits per heavy atom. The summed E-state index contributed by atoms with van der Waals surface area (Å²) in [7, 11) is 0. The second-order valence-electron chi connectivity index (χ2n) is 5.48. The maximum absolute atomic E-state index is 12.1. The van der Waals surface area contributed by atoms with E-state index in [4.69, 9.17) is 0 Å². The Bertz CT molecular complexity index is 639. The molecule has 1 aromatic carbocycles. The second-order valence-corrected chi connectivity index (χ2v) is 6.43. The van der Waals surface area contributed by atoms with E-state index in [-0.39, 0.29) is 42.7 Å². The van der Waals surface area contributed by atoms with Gasteiger partial charge < -0.3 is 15.7 Å². The van der Waals surface area contributed by atoms with E-state index in [0.717, 1.165) is 18.0 Å². The quantitative estimate of drug-likeness (QED) is 0.729. The number of aliphatic hydroxyl groups excluding tert-OH is 1. The molecule has 3 rings (SSSR count). The first-order valence-corrected chi connectivity index (χ1v) is 8.25. The van der Waals surface area contributed by atoms with E-state index in [1.165, 1.54) is 16.9 Å². The number of hydrogen-bond acceptors (Lipinski definition) is 5. The van der Waals surface area contributed by atoms with Crippen LogP contribution in [-0.2, 0) is 6.42 Å². The minimum atomic E-state index is -0.385. The van der Waals surface area contributed by atoms with Crippen molar-refractivity contribution in [2.75, 3.05) is 19.6 Å². The molecule has 1 aliphatic rings. The van der Waals surface area contributed by atoms with Gasteiger partial charge in [0.25, 0.3) is 5.91 Å². The van der Waals surface area contributed by atoms with Crippen LogP contribution in [0.25, 0.3) is 0 Å². The van der Waals surface area contributed by atoms with Gasteiger partial charge in [-0.25, -0.2) is 4.98 Å². The van der Waals surface area contributed by atoms with Crippen LogP contribution in [0.4, 0.5) is 0 Å². The summed E-state index contributed by atoms with van der Waals surface area (Å²) >= 11 is 1.50. The lowest BCUT2D eigenvalue weighted by Gasteiger charge is -2.13. The fourth-order valence-electron chi connectivity index (χ4n) is 2.51. The smallest absolute Gasteiger partial charge is 0.270 e. The van der Waals surface area contributed by atoms with Gasteiger partial charge >= 0.3 is 0 Å². The predicted molar refractivity (Wildman–Crippen MR) is 101 cm³/mol. The van der Waals surface area contributed by atoms with Gasteiger partial charge in [0.2, 0.25) is 0 Å². The molecule has 0 bridgehead atoms. The molecule has 5 nitrogen and oxygen atoms in total. The number of β-amino-alcohol motifs (C(OH)–C–C–N with tert-alkyl or cyclic N) is 1. The van der Waals surface area contributed by atoms with Crippen molar-refractivity contribution in [3.05, 3.63) is 52.0 Å². The Hall–Kier alpha value is -1.18. The highest BCUT2D eigenvalue weighted by atomic mass is 35.5. The molecule has 0 aliphatic carbocycles. The highest BCUT2D eigenvalue weighted by molar-refractivity contribution is 7.09. The van der Waals surface area contributed by atoms with Crippen LogP contribution < -0.4 is 10.6 Å². The number of carbonyl (C=O) groups is 1. The Labute approximate surface area is 157 Å². The lowest BCUT2D eigenvalue weighted by atomic mass is 10.1. The van der Waals surface area contributed by atoms with E-state index in [9.17, 15) is 9.90 Å². The SMILES string of the molecule is Cl.Cl.O=C(NCC1CNCC1O)c1csc(Cc2ccccc2)n1. The minimum absolute atomic E-state index is 0. The highest BCUT2D eigenvalue weighted by Crippen LogP contribution is 2.15. The zero-order valence-corrected chi connectivity index (χ0v) is 15.4. The fraction of sp³-hybridized carbons (Fsp3) is 0.375. The van der Waals surface area contributed by atoms with Gasteiger partial charge in [0.05, 0.1) is 11.1 Å². The van der Waals surface area contributed by atoms with E-state index in [2.05, 4.69) is 27.8 Å². The maximum atomic E-state index is 12.1. The summed E-state index contributed by atoms with van der Waals surface area (Å²) < 4.78 is 0. The number of benzene rings is 1.